The Hall–Kier alpha value is -7.02. The van der Waals surface area contributed by atoms with E-state index in [1.165, 1.54) is 5.56 Å². The Morgan fingerprint density at radius 3 is 1.75 bits per heavy atom. The number of amides is 6. The number of hydrogen-bond donors (Lipinski definition) is 8. The molecule has 0 aliphatic carbocycles. The molecule has 0 saturated carbocycles. The number of carboxylic acid groups (broad SMARTS) is 1. The van der Waals surface area contributed by atoms with E-state index in [1.54, 1.807) is 96.1 Å². The molecule has 69 heavy (non-hydrogen) atoms. The molecular formula is C50H69N7O12. The Morgan fingerprint density at radius 1 is 0.609 bits per heavy atom. The van der Waals surface area contributed by atoms with Crippen LogP contribution in [0.1, 0.15) is 115 Å². The number of unbranched alkanes of at least 4 members (excludes halogenated alkanes) is 2. The maximum atomic E-state index is 14.1. The molecule has 3 aromatic rings. The van der Waals surface area contributed by atoms with Crippen molar-refractivity contribution in [1.29, 1.82) is 0 Å². The lowest BCUT2D eigenvalue weighted by Crippen LogP contribution is -2.61. The van der Waals surface area contributed by atoms with Gasteiger partial charge in [0.15, 0.2) is 6.17 Å². The van der Waals surface area contributed by atoms with Crippen LogP contribution in [0.15, 0.2) is 78.9 Å². The molecule has 4 atom stereocenters. The zero-order chi connectivity index (χ0) is 51.1. The van der Waals surface area contributed by atoms with E-state index in [-0.39, 0.29) is 38.0 Å². The van der Waals surface area contributed by atoms with Crippen LogP contribution < -0.4 is 37.6 Å². The van der Waals surface area contributed by atoms with Crippen LogP contribution >= 0.6 is 0 Å². The smallest absolute Gasteiger partial charge is 0.407 e. The van der Waals surface area contributed by atoms with Gasteiger partial charge in [-0.25, -0.2) is 14.4 Å². The first-order valence-corrected chi connectivity index (χ1v) is 23.1. The van der Waals surface area contributed by atoms with Crippen LogP contribution in [0.5, 0.6) is 0 Å². The highest BCUT2D eigenvalue weighted by atomic mass is 16.6. The molecule has 0 spiro atoms. The number of aryl methyl sites for hydroxylation is 1. The van der Waals surface area contributed by atoms with E-state index in [1.807, 2.05) is 12.1 Å². The Kier molecular flexibility index (Phi) is 22.6. The summed E-state index contributed by atoms with van der Waals surface area (Å²) in [5.41, 5.74) is 8.31. The Bertz CT molecular complexity index is 2170. The van der Waals surface area contributed by atoms with E-state index in [9.17, 15) is 43.5 Å². The number of aliphatic carboxylic acids is 1. The fourth-order valence-electron chi connectivity index (χ4n) is 6.44. The minimum Gasteiger partial charge on any atom is -0.480 e. The molecule has 6 amide bonds. The normalized spacial score (nSPS) is 13.0. The summed E-state index contributed by atoms with van der Waals surface area (Å²) >= 11 is 0. The molecule has 3 aromatic carbocycles. The third-order valence-corrected chi connectivity index (χ3v) is 10.0. The standard InChI is InChI=1S/C50H69N7O12/c1-8-9-15-32-19-21-34(22-20-32)35-23-25-36(26-24-35)42(59)56-39(30-53-48(66)69-50(5,6)7)44(61)54-37(27-28-40(58)67-31-33-16-11-10-12-17-33)43(60)57-41(51)45(62)55-38(46(63)64)18-13-14-29-52-47(65)68-49(2,3)4/h10-12,16-17,19-26,37-39,41H,8-9,13-15,18,27-31,51H2,1-7H3,(H,52,65)(H,53,66)(H,54,61)(H,55,62)(H,56,59)(H,57,60)(H,63,64)/t37-,38-,39-,41+/m0/s1. The first-order chi connectivity index (χ1) is 32.5. The van der Waals surface area contributed by atoms with Gasteiger partial charge < -0.3 is 57.0 Å². The predicted molar refractivity (Wildman–Crippen MR) is 257 cm³/mol. The summed E-state index contributed by atoms with van der Waals surface area (Å²) in [6.07, 6.45) is -0.440. The molecule has 0 saturated heterocycles. The van der Waals surface area contributed by atoms with E-state index in [0.717, 1.165) is 30.4 Å². The molecule has 0 aromatic heterocycles. The number of esters is 1. The van der Waals surface area contributed by atoms with Gasteiger partial charge in [0.2, 0.25) is 11.8 Å². The second kappa shape index (κ2) is 27.7. The number of ether oxygens (including phenoxy) is 3. The monoisotopic (exact) mass is 960 g/mol. The van der Waals surface area contributed by atoms with E-state index in [2.05, 4.69) is 51.0 Å². The molecule has 9 N–H and O–H groups in total. The van der Waals surface area contributed by atoms with E-state index in [0.29, 0.717) is 12.0 Å². The molecule has 0 aliphatic rings. The maximum Gasteiger partial charge on any atom is 0.407 e. The molecule has 0 unspecified atom stereocenters. The van der Waals surface area contributed by atoms with E-state index < -0.39 is 96.2 Å². The number of carbonyl (C=O) groups excluding carboxylic acids is 7. The van der Waals surface area contributed by atoms with Crippen LogP contribution in [0.3, 0.4) is 0 Å². The molecular weight excluding hydrogens is 891 g/mol. The second-order valence-electron chi connectivity index (χ2n) is 18.3. The van der Waals surface area contributed by atoms with Gasteiger partial charge in [-0.3, -0.25) is 24.0 Å². The quantitative estimate of drug-likeness (QED) is 0.0241. The summed E-state index contributed by atoms with van der Waals surface area (Å²) in [4.78, 5) is 104. The number of carbonyl (C=O) groups is 8. The summed E-state index contributed by atoms with van der Waals surface area (Å²) in [6.45, 7) is 11.8. The minimum absolute atomic E-state index is 0.0525. The van der Waals surface area contributed by atoms with Crippen LogP contribution in [0.25, 0.3) is 11.1 Å². The van der Waals surface area contributed by atoms with Crippen molar-refractivity contribution in [2.45, 2.75) is 142 Å². The zero-order valence-electron chi connectivity index (χ0n) is 40.6. The van der Waals surface area contributed by atoms with Crippen LogP contribution in [0.4, 0.5) is 9.59 Å². The van der Waals surface area contributed by atoms with Gasteiger partial charge >= 0.3 is 24.1 Å². The van der Waals surface area contributed by atoms with Crippen molar-refractivity contribution in [2.24, 2.45) is 5.73 Å². The summed E-state index contributed by atoms with van der Waals surface area (Å²) in [5, 5.41) is 24.5. The van der Waals surface area contributed by atoms with Crippen molar-refractivity contribution in [3.8, 4) is 11.1 Å². The first kappa shape index (κ1) is 56.3. The zero-order valence-corrected chi connectivity index (χ0v) is 40.6. The number of nitrogens with two attached hydrogens (primary N) is 1. The molecule has 3 rings (SSSR count). The van der Waals surface area contributed by atoms with Gasteiger partial charge in [-0.15, -0.1) is 0 Å². The lowest BCUT2D eigenvalue weighted by Gasteiger charge is -2.25. The van der Waals surface area contributed by atoms with Gasteiger partial charge in [0.1, 0.15) is 35.9 Å². The van der Waals surface area contributed by atoms with Crippen molar-refractivity contribution >= 4 is 47.8 Å². The molecule has 0 aliphatic heterocycles. The number of hydrogen-bond acceptors (Lipinski definition) is 12. The van der Waals surface area contributed by atoms with Gasteiger partial charge in [0.25, 0.3) is 11.8 Å². The summed E-state index contributed by atoms with van der Waals surface area (Å²) in [7, 11) is 0. The van der Waals surface area contributed by atoms with Crippen LogP contribution in [-0.4, -0.2) is 101 Å². The van der Waals surface area contributed by atoms with Gasteiger partial charge in [0.05, 0.1) is 6.54 Å². The average Bonchev–Trinajstić information content (AvgIpc) is 3.28. The van der Waals surface area contributed by atoms with Gasteiger partial charge in [0, 0.05) is 18.5 Å². The molecule has 19 nitrogen and oxygen atoms in total. The predicted octanol–water partition coefficient (Wildman–Crippen LogP) is 4.99. The van der Waals surface area contributed by atoms with Crippen molar-refractivity contribution in [3.63, 3.8) is 0 Å². The molecule has 0 bridgehead atoms. The average molecular weight is 960 g/mol. The fraction of sp³-hybridized carbons (Fsp3) is 0.480. The topological polar surface area (TPSA) is 283 Å². The molecule has 376 valence electrons. The second-order valence-corrected chi connectivity index (χ2v) is 18.3. The highest BCUT2D eigenvalue weighted by Crippen LogP contribution is 2.21. The number of rotatable bonds is 25. The van der Waals surface area contributed by atoms with Crippen molar-refractivity contribution in [1.82, 2.24) is 31.9 Å². The summed E-state index contributed by atoms with van der Waals surface area (Å²) in [6, 6.07) is 19.1. The summed E-state index contributed by atoms with van der Waals surface area (Å²) in [5.74, 6) is -5.89. The molecule has 0 radical (unpaired) electrons. The number of benzene rings is 3. The third kappa shape index (κ3) is 22.1. The van der Waals surface area contributed by atoms with Crippen LogP contribution in [-0.2, 0) is 51.2 Å². The number of nitrogens with one attached hydrogen (secondary N) is 6. The van der Waals surface area contributed by atoms with Crippen LogP contribution in [0.2, 0.25) is 0 Å². The van der Waals surface area contributed by atoms with E-state index >= 15 is 0 Å². The minimum atomic E-state index is -1.83. The molecule has 0 fully saturated rings. The third-order valence-electron chi connectivity index (χ3n) is 10.0. The molecule has 19 heteroatoms. The molecule has 0 heterocycles. The van der Waals surface area contributed by atoms with Gasteiger partial charge in [-0.05, 0) is 114 Å². The summed E-state index contributed by atoms with van der Waals surface area (Å²) < 4.78 is 15.9. The first-order valence-electron chi connectivity index (χ1n) is 23.1. The highest BCUT2D eigenvalue weighted by molar-refractivity contribution is 5.99. The largest absolute Gasteiger partial charge is 0.480 e. The highest BCUT2D eigenvalue weighted by Gasteiger charge is 2.31. The fourth-order valence-corrected chi connectivity index (χ4v) is 6.44. The van der Waals surface area contributed by atoms with Gasteiger partial charge in [-0.1, -0.05) is 80.1 Å². The SMILES string of the molecule is CCCCc1ccc(-c2ccc(C(=O)N[C@@H](CNC(=O)OC(C)(C)C)C(=O)N[C@@H](CCC(=O)OCc3ccccc3)C(=O)N[C@@H](N)C(=O)N[C@@H](CCCCNC(=O)OC(C)(C)C)C(=O)O)cc2)cc1. The Labute approximate surface area is 403 Å². The maximum absolute atomic E-state index is 14.1. The van der Waals surface area contributed by atoms with Crippen molar-refractivity contribution in [3.05, 3.63) is 95.6 Å². The number of alkyl carbamates (subject to hydrolysis) is 2. The lowest BCUT2D eigenvalue weighted by molar-refractivity contribution is -0.145. The lowest BCUT2D eigenvalue weighted by atomic mass is 10.0. The van der Waals surface area contributed by atoms with Gasteiger partial charge in [-0.2, -0.15) is 0 Å². The Balaban J connectivity index is 1.78. The van der Waals surface area contributed by atoms with Crippen LogP contribution in [0, 0.1) is 0 Å². The van der Waals surface area contributed by atoms with Crippen molar-refractivity contribution in [2.75, 3.05) is 13.1 Å². The van der Waals surface area contributed by atoms with Crippen molar-refractivity contribution < 1.29 is 57.7 Å². The Morgan fingerprint density at radius 2 is 1.17 bits per heavy atom. The number of carboxylic acids is 1. The van der Waals surface area contributed by atoms with E-state index in [4.69, 9.17) is 19.9 Å².